The SMILES string of the molecule is CNC(=O)c1c(F)cccc1Nc1nc(Nc2cc3c(cc2OC)CCN3C(=O)CN(C)C(=O)CCOCCOCCOCCOCCOCCNc2cccc3c2C(=O)N(C2CCC(=O)NC2=O)C3=O)nc2[nH]ccc12. The Kier molecular flexibility index (Phi) is 18.7. The van der Waals surface area contributed by atoms with Crippen molar-refractivity contribution in [3.8, 4) is 5.75 Å². The Morgan fingerprint density at radius 1 is 0.805 bits per heavy atom. The van der Waals surface area contributed by atoms with Gasteiger partial charge in [-0.3, -0.25) is 43.8 Å². The van der Waals surface area contributed by atoms with Crippen molar-refractivity contribution in [3.05, 3.63) is 88.9 Å². The first-order valence-corrected chi connectivity index (χ1v) is 25.0. The highest BCUT2D eigenvalue weighted by molar-refractivity contribution is 6.25. The number of fused-ring (bicyclic) bond motifs is 3. The summed E-state index contributed by atoms with van der Waals surface area (Å²) < 4.78 is 48.4. The van der Waals surface area contributed by atoms with Crippen LogP contribution in [0.2, 0.25) is 0 Å². The Balaban J connectivity index is 0.672. The third kappa shape index (κ3) is 13.3. The zero-order chi connectivity index (χ0) is 54.4. The van der Waals surface area contributed by atoms with E-state index in [4.69, 9.17) is 28.4 Å². The number of ether oxygens (including phenoxy) is 6. The molecule has 5 heterocycles. The number of piperidine rings is 1. The average Bonchev–Trinajstić information content (AvgIpc) is 4.20. The van der Waals surface area contributed by atoms with Crippen LogP contribution in [0.25, 0.3) is 11.0 Å². The number of aromatic amines is 1. The molecule has 0 radical (unpaired) electrons. The number of imide groups is 2. The average molecular weight is 1070 g/mol. The molecule has 24 nitrogen and oxygen atoms in total. The molecule has 1 unspecified atom stereocenters. The van der Waals surface area contributed by atoms with Crippen LogP contribution < -0.4 is 36.2 Å². The van der Waals surface area contributed by atoms with E-state index >= 15 is 0 Å². The molecule has 408 valence electrons. The van der Waals surface area contributed by atoms with Crippen LogP contribution in [0.1, 0.15) is 55.9 Å². The number of nitrogens with one attached hydrogen (secondary N) is 6. The fourth-order valence-corrected chi connectivity index (χ4v) is 8.89. The molecule has 5 aromatic rings. The lowest BCUT2D eigenvalue weighted by atomic mass is 10.0. The van der Waals surface area contributed by atoms with Crippen molar-refractivity contribution < 1.29 is 66.4 Å². The van der Waals surface area contributed by atoms with E-state index in [1.54, 1.807) is 48.5 Å². The number of nitrogens with zero attached hydrogens (tertiary/aromatic N) is 5. The number of benzene rings is 3. The number of hydrogen-bond acceptors (Lipinski definition) is 18. The zero-order valence-electron chi connectivity index (χ0n) is 42.8. The molecule has 1 fully saturated rings. The molecule has 25 heteroatoms. The van der Waals surface area contributed by atoms with Crippen molar-refractivity contribution in [2.24, 2.45) is 0 Å². The van der Waals surface area contributed by atoms with Crippen molar-refractivity contribution in [1.82, 2.24) is 35.4 Å². The van der Waals surface area contributed by atoms with E-state index in [9.17, 15) is 38.0 Å². The first-order valence-electron chi connectivity index (χ1n) is 25.0. The van der Waals surface area contributed by atoms with E-state index in [1.807, 2.05) is 6.07 Å². The summed E-state index contributed by atoms with van der Waals surface area (Å²) in [6.45, 7) is 3.64. The van der Waals surface area contributed by atoms with Gasteiger partial charge < -0.3 is 64.5 Å². The predicted molar refractivity (Wildman–Crippen MR) is 277 cm³/mol. The van der Waals surface area contributed by atoms with Crippen LogP contribution >= 0.6 is 0 Å². The van der Waals surface area contributed by atoms with E-state index in [0.29, 0.717) is 112 Å². The lowest BCUT2D eigenvalue weighted by Gasteiger charge is -2.27. The number of hydrogen-bond donors (Lipinski definition) is 6. The third-order valence-corrected chi connectivity index (χ3v) is 12.8. The molecule has 1 saturated heterocycles. The van der Waals surface area contributed by atoms with Gasteiger partial charge in [-0.15, -0.1) is 0 Å². The molecule has 6 N–H and O–H groups in total. The topological polar surface area (TPSA) is 286 Å². The van der Waals surface area contributed by atoms with Gasteiger partial charge in [0.25, 0.3) is 17.7 Å². The van der Waals surface area contributed by atoms with Gasteiger partial charge >= 0.3 is 0 Å². The normalized spacial score (nSPS) is 14.9. The fraction of sp³-hybridized carbons (Fsp3) is 0.404. The number of likely N-dealkylation sites (N-methyl/N-ethyl adjacent to an activating group) is 1. The molecule has 0 bridgehead atoms. The van der Waals surface area contributed by atoms with Gasteiger partial charge in [0.15, 0.2) is 0 Å². The van der Waals surface area contributed by atoms with Gasteiger partial charge in [-0.25, -0.2) is 4.39 Å². The smallest absolute Gasteiger partial charge is 0.264 e. The summed E-state index contributed by atoms with van der Waals surface area (Å²) in [6.07, 6.45) is 2.44. The maximum atomic E-state index is 14.8. The van der Waals surface area contributed by atoms with Crippen LogP contribution in [0.5, 0.6) is 5.75 Å². The van der Waals surface area contributed by atoms with Crippen molar-refractivity contribution >= 4 is 86.9 Å². The summed E-state index contributed by atoms with van der Waals surface area (Å²) in [5.41, 5.74) is 3.29. The quantitative estimate of drug-likeness (QED) is 0.0310. The van der Waals surface area contributed by atoms with E-state index in [0.717, 1.165) is 10.5 Å². The van der Waals surface area contributed by atoms with E-state index in [1.165, 1.54) is 37.3 Å². The molecule has 7 amide bonds. The third-order valence-electron chi connectivity index (χ3n) is 12.8. The highest BCUT2D eigenvalue weighted by Gasteiger charge is 2.45. The van der Waals surface area contributed by atoms with Crippen LogP contribution in [0.4, 0.5) is 38.9 Å². The number of H-pyrrole nitrogens is 1. The molecule has 3 aromatic carbocycles. The summed E-state index contributed by atoms with van der Waals surface area (Å²) in [5.74, 6) is -3.18. The van der Waals surface area contributed by atoms with Crippen LogP contribution in [-0.2, 0) is 49.3 Å². The number of carbonyl (C=O) groups is 7. The molecule has 1 atom stereocenters. The van der Waals surface area contributed by atoms with Crippen LogP contribution in [-0.4, -0.2) is 179 Å². The Morgan fingerprint density at radius 2 is 1.49 bits per heavy atom. The Morgan fingerprint density at radius 3 is 2.19 bits per heavy atom. The van der Waals surface area contributed by atoms with Gasteiger partial charge in [0, 0.05) is 51.2 Å². The molecule has 0 saturated carbocycles. The lowest BCUT2D eigenvalue weighted by Crippen LogP contribution is -2.54. The molecule has 0 spiro atoms. The Labute approximate surface area is 441 Å². The van der Waals surface area contributed by atoms with Crippen LogP contribution in [0.3, 0.4) is 0 Å². The summed E-state index contributed by atoms with van der Waals surface area (Å²) in [5, 5.41) is 14.7. The standard InChI is InChI=1S/C52H60FN11O13/c1-54-49(69)45-34(53)7-5-9-36(45)57-47-33-12-15-56-46(33)60-52(61-47)58-37-29-39-31(28-40(37)72-3)13-17-63(39)43(67)30-62(2)42(66)14-18-73-20-22-75-24-26-77-27-25-76-23-21-74-19-16-55-35-8-4-6-32-44(35)51(71)64(50(32)70)38-10-11-41(65)59-48(38)68/h4-9,12,15,28-29,38,55H,10-11,13-14,16-27,30H2,1-3H3,(H,54,69)(H,59,65,68)(H3,56,57,58,60,61). The largest absolute Gasteiger partial charge is 0.495 e. The molecule has 77 heavy (non-hydrogen) atoms. The minimum Gasteiger partial charge on any atom is -0.495 e. The van der Waals surface area contributed by atoms with Crippen molar-refractivity contribution in [1.29, 1.82) is 0 Å². The maximum Gasteiger partial charge on any atom is 0.264 e. The van der Waals surface area contributed by atoms with E-state index in [-0.39, 0.29) is 79.2 Å². The molecule has 2 aromatic heterocycles. The van der Waals surface area contributed by atoms with Crippen LogP contribution in [0, 0.1) is 5.82 Å². The summed E-state index contributed by atoms with van der Waals surface area (Å²) in [4.78, 5) is 106. The molecular weight excluding hydrogens is 1010 g/mol. The van der Waals surface area contributed by atoms with Gasteiger partial charge in [-0.1, -0.05) is 12.1 Å². The Bertz CT molecular complexity index is 3010. The second kappa shape index (κ2) is 26.1. The van der Waals surface area contributed by atoms with E-state index < -0.39 is 41.4 Å². The van der Waals surface area contributed by atoms with Gasteiger partial charge in [0.2, 0.25) is 29.6 Å². The zero-order valence-corrected chi connectivity index (χ0v) is 42.8. The number of rotatable bonds is 28. The minimum atomic E-state index is -1.04. The number of anilines is 6. The molecular formula is C52H60FN11O13. The Hall–Kier alpha value is -8.10. The first kappa shape index (κ1) is 55.1. The fourth-order valence-electron chi connectivity index (χ4n) is 8.89. The summed E-state index contributed by atoms with van der Waals surface area (Å²) in [6, 6.07) is 13.4. The number of aromatic nitrogens is 3. The van der Waals surface area contributed by atoms with Crippen LogP contribution in [0.15, 0.2) is 60.8 Å². The summed E-state index contributed by atoms with van der Waals surface area (Å²) in [7, 11) is 4.51. The van der Waals surface area contributed by atoms with Crippen molar-refractivity contribution in [3.63, 3.8) is 0 Å². The second-order valence-corrected chi connectivity index (χ2v) is 17.8. The number of halogens is 1. The predicted octanol–water partition coefficient (Wildman–Crippen LogP) is 3.29. The summed E-state index contributed by atoms with van der Waals surface area (Å²) >= 11 is 0. The highest BCUT2D eigenvalue weighted by Crippen LogP contribution is 2.39. The van der Waals surface area contributed by atoms with Crippen molar-refractivity contribution in [2.45, 2.75) is 31.7 Å². The molecule has 8 rings (SSSR count). The van der Waals surface area contributed by atoms with Gasteiger partial charge in [-0.2, -0.15) is 9.97 Å². The van der Waals surface area contributed by atoms with Gasteiger partial charge in [0.05, 0.1) is 120 Å². The van der Waals surface area contributed by atoms with Gasteiger partial charge in [0.1, 0.15) is 29.1 Å². The first-order chi connectivity index (χ1) is 37.4. The molecule has 3 aliphatic rings. The number of methoxy groups -OCH3 is 1. The van der Waals surface area contributed by atoms with Crippen molar-refractivity contribution in [2.75, 3.05) is 128 Å². The second-order valence-electron chi connectivity index (χ2n) is 17.8. The lowest BCUT2D eigenvalue weighted by molar-refractivity contribution is -0.136. The van der Waals surface area contributed by atoms with E-state index in [2.05, 4.69) is 41.5 Å². The van der Waals surface area contributed by atoms with Gasteiger partial charge in [-0.05, 0) is 60.9 Å². The molecule has 3 aliphatic heterocycles. The highest BCUT2D eigenvalue weighted by atomic mass is 19.1. The number of carbonyl (C=O) groups excluding carboxylic acids is 7. The maximum absolute atomic E-state index is 14.8. The molecule has 0 aliphatic carbocycles. The number of amides is 7. The minimum absolute atomic E-state index is 0.0433. The monoisotopic (exact) mass is 1070 g/mol.